The predicted molar refractivity (Wildman–Crippen MR) is 101 cm³/mol. The molecule has 0 aliphatic rings. The zero-order valence-electron chi connectivity index (χ0n) is 13.3. The van der Waals surface area contributed by atoms with Gasteiger partial charge in [0, 0.05) is 28.0 Å². The molecule has 122 valence electrons. The molecule has 0 fully saturated rings. The third-order valence-electron chi connectivity index (χ3n) is 3.82. The van der Waals surface area contributed by atoms with Crippen molar-refractivity contribution < 1.29 is 0 Å². The monoisotopic (exact) mass is 339 g/mol. The number of rotatable bonds is 4. The molecule has 5 nitrogen and oxygen atoms in total. The summed E-state index contributed by atoms with van der Waals surface area (Å²) in [5, 5.41) is 13.1. The zero-order valence-corrected chi connectivity index (χ0v) is 14.0. The van der Waals surface area contributed by atoms with Gasteiger partial charge in [-0.1, -0.05) is 41.9 Å². The fourth-order valence-electron chi connectivity index (χ4n) is 2.87. The molecule has 0 radical (unpaired) electrons. The van der Waals surface area contributed by atoms with Crippen molar-refractivity contribution in [1.82, 2.24) is 9.99 Å². The second-order valence-corrected chi connectivity index (χ2v) is 5.75. The molecule has 0 atom stereocenters. The Balaban J connectivity index is 2.26. The molecule has 1 heterocycles. The molecule has 0 unspecified atom stereocenters. The molecule has 2 aromatic carbocycles. The van der Waals surface area contributed by atoms with Crippen molar-refractivity contribution in [2.45, 2.75) is 13.5 Å². The highest BCUT2D eigenvalue weighted by molar-refractivity contribution is 6.30. The van der Waals surface area contributed by atoms with E-state index in [4.69, 9.17) is 22.7 Å². The third-order valence-corrected chi connectivity index (χ3v) is 4.07. The van der Waals surface area contributed by atoms with Gasteiger partial charge in [0.2, 0.25) is 5.96 Å². The molecule has 0 saturated heterocycles. The van der Waals surface area contributed by atoms with Crippen LogP contribution in [-0.2, 0) is 6.54 Å². The Labute approximate surface area is 145 Å². The number of fused-ring (bicyclic) bond motifs is 1. The van der Waals surface area contributed by atoms with E-state index < -0.39 is 0 Å². The maximum absolute atomic E-state index is 7.24. The number of nitrogens with zero attached hydrogens (tertiary/aromatic N) is 2. The standard InChI is InChI=1S/C18H18ClN5/c1-2-24-16-6-4-3-5-14(16)15(11-22-23-18(20)21)17(24)12-7-9-13(19)10-8-12/h3-11H,2H2,1H3,(H4,20,21,23)/b22-11+. The van der Waals surface area contributed by atoms with E-state index in [1.54, 1.807) is 6.21 Å². The first-order chi connectivity index (χ1) is 11.6. The number of guanidine groups is 1. The fourth-order valence-corrected chi connectivity index (χ4v) is 3.00. The van der Waals surface area contributed by atoms with E-state index in [2.05, 4.69) is 34.2 Å². The first-order valence-electron chi connectivity index (χ1n) is 7.62. The van der Waals surface area contributed by atoms with Crippen molar-refractivity contribution in [1.29, 1.82) is 5.41 Å². The van der Waals surface area contributed by atoms with Crippen molar-refractivity contribution in [3.05, 3.63) is 59.1 Å². The van der Waals surface area contributed by atoms with Gasteiger partial charge in [0.1, 0.15) is 0 Å². The van der Waals surface area contributed by atoms with Crippen LogP contribution in [0.2, 0.25) is 5.02 Å². The van der Waals surface area contributed by atoms with Crippen LogP contribution in [0, 0.1) is 5.41 Å². The molecule has 3 aromatic rings. The highest BCUT2D eigenvalue weighted by Crippen LogP contribution is 2.33. The number of halogens is 1. The molecule has 0 bridgehead atoms. The molecule has 0 spiro atoms. The Hall–Kier alpha value is -2.79. The largest absolute Gasteiger partial charge is 0.369 e. The summed E-state index contributed by atoms with van der Waals surface area (Å²) in [5.41, 5.74) is 12.0. The van der Waals surface area contributed by atoms with Gasteiger partial charge >= 0.3 is 0 Å². The van der Waals surface area contributed by atoms with Crippen LogP contribution < -0.4 is 11.2 Å². The fraction of sp³-hybridized carbons (Fsp3) is 0.111. The number of nitrogens with two attached hydrogens (primary N) is 1. The molecule has 24 heavy (non-hydrogen) atoms. The number of hydrazone groups is 1. The van der Waals surface area contributed by atoms with Crippen molar-refractivity contribution in [3.63, 3.8) is 0 Å². The smallest absolute Gasteiger partial charge is 0.206 e. The Morgan fingerprint density at radius 1 is 1.25 bits per heavy atom. The van der Waals surface area contributed by atoms with Gasteiger partial charge < -0.3 is 10.3 Å². The van der Waals surface area contributed by atoms with Crippen molar-refractivity contribution in [2.75, 3.05) is 0 Å². The molecule has 3 rings (SSSR count). The molecular weight excluding hydrogens is 322 g/mol. The van der Waals surface area contributed by atoms with Gasteiger partial charge in [-0.15, -0.1) is 0 Å². The van der Waals surface area contributed by atoms with Gasteiger partial charge in [-0.05, 0) is 30.7 Å². The maximum Gasteiger partial charge on any atom is 0.206 e. The minimum atomic E-state index is -0.196. The van der Waals surface area contributed by atoms with Crippen LogP contribution in [0.25, 0.3) is 22.2 Å². The lowest BCUT2D eigenvalue weighted by Gasteiger charge is -2.09. The number of hydrogen-bond donors (Lipinski definition) is 3. The molecular formula is C18H18ClN5. The number of aromatic nitrogens is 1. The summed E-state index contributed by atoms with van der Waals surface area (Å²) < 4.78 is 2.24. The zero-order chi connectivity index (χ0) is 17.1. The van der Waals surface area contributed by atoms with Crippen LogP contribution in [0.1, 0.15) is 12.5 Å². The van der Waals surface area contributed by atoms with Gasteiger partial charge in [0.05, 0.1) is 11.9 Å². The minimum Gasteiger partial charge on any atom is -0.369 e. The maximum atomic E-state index is 7.24. The van der Waals surface area contributed by atoms with Gasteiger partial charge in [-0.25, -0.2) is 5.43 Å². The van der Waals surface area contributed by atoms with E-state index in [0.717, 1.165) is 34.3 Å². The summed E-state index contributed by atoms with van der Waals surface area (Å²) in [5.74, 6) is -0.196. The average Bonchev–Trinajstić information content (AvgIpc) is 2.89. The van der Waals surface area contributed by atoms with Crippen molar-refractivity contribution in [3.8, 4) is 11.3 Å². The van der Waals surface area contributed by atoms with E-state index in [0.29, 0.717) is 5.02 Å². The topological polar surface area (TPSA) is 79.2 Å². The van der Waals surface area contributed by atoms with Crippen LogP contribution in [0.15, 0.2) is 53.6 Å². The third kappa shape index (κ3) is 2.98. The van der Waals surface area contributed by atoms with Gasteiger partial charge in [0.15, 0.2) is 0 Å². The SMILES string of the molecule is CCn1c(-c2ccc(Cl)cc2)c(/C=N/NC(=N)N)c2ccccc21. The van der Waals surface area contributed by atoms with Crippen LogP contribution in [-0.4, -0.2) is 16.7 Å². The van der Waals surface area contributed by atoms with Crippen LogP contribution >= 0.6 is 11.6 Å². The highest BCUT2D eigenvalue weighted by Gasteiger charge is 2.16. The predicted octanol–water partition coefficient (Wildman–Crippen LogP) is 3.80. The van der Waals surface area contributed by atoms with E-state index in [1.165, 1.54) is 0 Å². The van der Waals surface area contributed by atoms with E-state index in [9.17, 15) is 0 Å². The molecule has 0 aliphatic heterocycles. The molecule has 6 heteroatoms. The summed E-state index contributed by atoms with van der Waals surface area (Å²) in [6.07, 6.45) is 1.71. The molecule has 1 aromatic heterocycles. The van der Waals surface area contributed by atoms with E-state index >= 15 is 0 Å². The van der Waals surface area contributed by atoms with E-state index in [1.807, 2.05) is 36.4 Å². The molecule has 0 saturated carbocycles. The van der Waals surface area contributed by atoms with Crippen LogP contribution in [0.5, 0.6) is 0 Å². The Kier molecular flexibility index (Phi) is 4.53. The normalized spacial score (nSPS) is 11.2. The first-order valence-corrected chi connectivity index (χ1v) is 8.00. The molecule has 0 amide bonds. The summed E-state index contributed by atoms with van der Waals surface area (Å²) in [6.45, 7) is 2.94. The lowest BCUT2D eigenvalue weighted by Crippen LogP contribution is -2.25. The summed E-state index contributed by atoms with van der Waals surface area (Å²) in [6, 6.07) is 15.9. The summed E-state index contributed by atoms with van der Waals surface area (Å²) in [4.78, 5) is 0. The number of hydrogen-bond acceptors (Lipinski definition) is 2. The number of benzene rings is 2. The van der Waals surface area contributed by atoms with Gasteiger partial charge in [-0.3, -0.25) is 5.41 Å². The second-order valence-electron chi connectivity index (χ2n) is 5.31. The van der Waals surface area contributed by atoms with Gasteiger partial charge in [-0.2, -0.15) is 5.10 Å². The Morgan fingerprint density at radius 3 is 2.62 bits per heavy atom. The van der Waals surface area contributed by atoms with Crippen molar-refractivity contribution >= 4 is 34.7 Å². The summed E-state index contributed by atoms with van der Waals surface area (Å²) in [7, 11) is 0. The highest BCUT2D eigenvalue weighted by atomic mass is 35.5. The second kappa shape index (κ2) is 6.76. The first kappa shape index (κ1) is 16.1. The Morgan fingerprint density at radius 2 is 1.96 bits per heavy atom. The number of para-hydroxylation sites is 1. The lowest BCUT2D eigenvalue weighted by atomic mass is 10.1. The van der Waals surface area contributed by atoms with E-state index in [-0.39, 0.29) is 5.96 Å². The van der Waals surface area contributed by atoms with Gasteiger partial charge in [0.25, 0.3) is 0 Å². The average molecular weight is 340 g/mol. The number of aryl methyl sites for hydroxylation is 1. The summed E-state index contributed by atoms with van der Waals surface area (Å²) >= 11 is 6.03. The Bertz CT molecular complexity index is 909. The van der Waals surface area contributed by atoms with Crippen LogP contribution in [0.3, 0.4) is 0 Å². The van der Waals surface area contributed by atoms with Crippen LogP contribution in [0.4, 0.5) is 0 Å². The minimum absolute atomic E-state index is 0.196. The van der Waals surface area contributed by atoms with Crippen molar-refractivity contribution in [2.24, 2.45) is 10.8 Å². The molecule has 4 N–H and O–H groups in total. The quantitative estimate of drug-likeness (QED) is 0.384. The number of nitrogens with one attached hydrogen (secondary N) is 2. The lowest BCUT2D eigenvalue weighted by molar-refractivity contribution is 0.805. The molecule has 0 aliphatic carbocycles.